The average Bonchev–Trinajstić information content (AvgIpc) is 2.67. The number of nitrogens with zero attached hydrogens (tertiary/aromatic N) is 6. The topological polar surface area (TPSA) is 67.3 Å². The van der Waals surface area contributed by atoms with E-state index in [0.29, 0.717) is 5.88 Å². The van der Waals surface area contributed by atoms with Crippen LogP contribution >= 0.6 is 0 Å². The van der Waals surface area contributed by atoms with Crippen LogP contribution in [0.15, 0.2) is 42.9 Å². The van der Waals surface area contributed by atoms with Crippen LogP contribution in [0.25, 0.3) is 11.0 Å². The Morgan fingerprint density at radius 3 is 2.54 bits per heavy atom. The summed E-state index contributed by atoms with van der Waals surface area (Å²) < 4.78 is 5.71. The number of rotatable bonds is 4. The molecule has 134 valence electrons. The van der Waals surface area contributed by atoms with Crippen molar-refractivity contribution in [2.45, 2.75) is 20.0 Å². The summed E-state index contributed by atoms with van der Waals surface area (Å²) in [5, 5.41) is 0.994. The van der Waals surface area contributed by atoms with Crippen LogP contribution in [0.4, 0.5) is 11.6 Å². The molecule has 4 heterocycles. The molecule has 0 aromatic carbocycles. The normalized spacial score (nSPS) is 14.9. The van der Waals surface area contributed by atoms with E-state index in [1.54, 1.807) is 12.5 Å². The minimum absolute atomic E-state index is 0.120. The summed E-state index contributed by atoms with van der Waals surface area (Å²) in [6.45, 7) is 7.52. The number of fused-ring (bicyclic) bond motifs is 1. The Bertz CT molecular complexity index is 887. The van der Waals surface area contributed by atoms with Crippen LogP contribution in [0.1, 0.15) is 13.8 Å². The summed E-state index contributed by atoms with van der Waals surface area (Å²) in [5.74, 6) is 2.58. The number of ether oxygens (including phenoxy) is 1. The molecule has 0 aliphatic carbocycles. The zero-order valence-electron chi connectivity index (χ0n) is 15.0. The quantitative estimate of drug-likeness (QED) is 0.716. The number of hydrogen-bond acceptors (Lipinski definition) is 7. The molecule has 0 radical (unpaired) electrons. The van der Waals surface area contributed by atoms with Gasteiger partial charge < -0.3 is 14.5 Å². The van der Waals surface area contributed by atoms with Gasteiger partial charge in [-0.1, -0.05) is 6.07 Å². The van der Waals surface area contributed by atoms with Gasteiger partial charge in [-0.2, -0.15) is 4.98 Å². The van der Waals surface area contributed by atoms with E-state index in [2.05, 4.69) is 29.7 Å². The van der Waals surface area contributed by atoms with Crippen LogP contribution in [-0.4, -0.2) is 52.2 Å². The second kappa shape index (κ2) is 7.11. The van der Waals surface area contributed by atoms with Crippen molar-refractivity contribution in [3.05, 3.63) is 42.9 Å². The molecule has 0 spiro atoms. The van der Waals surface area contributed by atoms with Crippen LogP contribution in [-0.2, 0) is 0 Å². The maximum atomic E-state index is 5.71. The minimum atomic E-state index is 0.120. The molecular weight excluding hydrogens is 328 g/mol. The van der Waals surface area contributed by atoms with Crippen LogP contribution in [0.2, 0.25) is 0 Å². The van der Waals surface area contributed by atoms with Gasteiger partial charge in [-0.25, -0.2) is 15.0 Å². The molecule has 7 nitrogen and oxygen atoms in total. The molecule has 0 amide bonds. The summed E-state index contributed by atoms with van der Waals surface area (Å²) in [7, 11) is 0. The average molecular weight is 350 g/mol. The molecule has 1 aliphatic heterocycles. The fourth-order valence-electron chi connectivity index (χ4n) is 3.17. The molecule has 3 aromatic heterocycles. The molecule has 0 atom stereocenters. The lowest BCUT2D eigenvalue weighted by Gasteiger charge is -2.36. The molecule has 7 heteroatoms. The third-order valence-electron chi connectivity index (χ3n) is 4.36. The van der Waals surface area contributed by atoms with E-state index in [1.165, 1.54) is 0 Å². The van der Waals surface area contributed by atoms with E-state index in [-0.39, 0.29) is 6.10 Å². The van der Waals surface area contributed by atoms with E-state index >= 15 is 0 Å². The summed E-state index contributed by atoms with van der Waals surface area (Å²) in [6.07, 6.45) is 3.47. The zero-order valence-corrected chi connectivity index (χ0v) is 15.0. The van der Waals surface area contributed by atoms with Crippen molar-refractivity contribution < 1.29 is 4.74 Å². The molecular formula is C19H22N6O. The second-order valence-corrected chi connectivity index (χ2v) is 6.55. The summed E-state index contributed by atoms with van der Waals surface area (Å²) in [5.41, 5.74) is 0.736. The van der Waals surface area contributed by atoms with E-state index in [1.807, 2.05) is 44.2 Å². The van der Waals surface area contributed by atoms with Gasteiger partial charge in [0.15, 0.2) is 5.65 Å². The van der Waals surface area contributed by atoms with Crippen molar-refractivity contribution in [1.82, 2.24) is 19.9 Å². The fourth-order valence-corrected chi connectivity index (χ4v) is 3.17. The Morgan fingerprint density at radius 1 is 0.923 bits per heavy atom. The SMILES string of the molecule is CC(C)Oc1cccc(N2CCN(c3ncnc4ncccc34)CC2)n1. The molecule has 1 fully saturated rings. The molecule has 1 saturated heterocycles. The lowest BCUT2D eigenvalue weighted by molar-refractivity contribution is 0.233. The van der Waals surface area contributed by atoms with Gasteiger partial charge in [0.25, 0.3) is 0 Å². The monoisotopic (exact) mass is 350 g/mol. The van der Waals surface area contributed by atoms with E-state index in [4.69, 9.17) is 4.74 Å². The van der Waals surface area contributed by atoms with Crippen LogP contribution in [0.5, 0.6) is 5.88 Å². The third kappa shape index (κ3) is 3.37. The smallest absolute Gasteiger partial charge is 0.215 e. The van der Waals surface area contributed by atoms with Crippen molar-refractivity contribution in [3.8, 4) is 5.88 Å². The lowest BCUT2D eigenvalue weighted by atomic mass is 10.2. The van der Waals surface area contributed by atoms with Crippen molar-refractivity contribution in [3.63, 3.8) is 0 Å². The van der Waals surface area contributed by atoms with Crippen LogP contribution in [0, 0.1) is 0 Å². The number of hydrogen-bond donors (Lipinski definition) is 0. The van der Waals surface area contributed by atoms with Crippen molar-refractivity contribution in [1.29, 1.82) is 0 Å². The number of anilines is 2. The Labute approximate surface area is 152 Å². The summed E-state index contributed by atoms with van der Waals surface area (Å²) in [6, 6.07) is 9.89. The summed E-state index contributed by atoms with van der Waals surface area (Å²) >= 11 is 0. The summed E-state index contributed by atoms with van der Waals surface area (Å²) in [4.78, 5) is 22.3. The Balaban J connectivity index is 1.49. The van der Waals surface area contributed by atoms with Gasteiger partial charge in [0.2, 0.25) is 5.88 Å². The van der Waals surface area contributed by atoms with Gasteiger partial charge in [-0.15, -0.1) is 0 Å². The first kappa shape index (κ1) is 16.5. The fraction of sp³-hybridized carbons (Fsp3) is 0.368. The predicted molar refractivity (Wildman–Crippen MR) is 102 cm³/mol. The minimum Gasteiger partial charge on any atom is -0.475 e. The second-order valence-electron chi connectivity index (χ2n) is 6.55. The Morgan fingerprint density at radius 2 is 1.73 bits per heavy atom. The van der Waals surface area contributed by atoms with Gasteiger partial charge in [-0.3, -0.25) is 0 Å². The molecule has 0 bridgehead atoms. The predicted octanol–water partition coefficient (Wildman–Crippen LogP) is 2.53. The molecule has 4 rings (SSSR count). The Hall–Kier alpha value is -2.96. The standard InChI is InChI=1S/C19H22N6O/c1-14(2)26-17-7-3-6-16(23-17)24-9-11-25(12-10-24)19-15-5-4-8-20-18(15)21-13-22-19/h3-8,13-14H,9-12H2,1-2H3. The highest BCUT2D eigenvalue weighted by atomic mass is 16.5. The largest absolute Gasteiger partial charge is 0.475 e. The maximum Gasteiger partial charge on any atom is 0.215 e. The third-order valence-corrected chi connectivity index (χ3v) is 4.36. The van der Waals surface area contributed by atoms with Crippen molar-refractivity contribution in [2.75, 3.05) is 36.0 Å². The highest BCUT2D eigenvalue weighted by Crippen LogP contribution is 2.24. The molecule has 1 aliphatic rings. The van der Waals surface area contributed by atoms with Crippen molar-refractivity contribution >= 4 is 22.7 Å². The first-order valence-electron chi connectivity index (χ1n) is 8.90. The van der Waals surface area contributed by atoms with Crippen molar-refractivity contribution in [2.24, 2.45) is 0 Å². The molecule has 0 unspecified atom stereocenters. The van der Waals surface area contributed by atoms with Gasteiger partial charge in [0.05, 0.1) is 11.5 Å². The number of pyridine rings is 2. The molecule has 0 saturated carbocycles. The van der Waals surface area contributed by atoms with E-state index in [0.717, 1.165) is 48.8 Å². The van der Waals surface area contributed by atoms with Gasteiger partial charge in [-0.05, 0) is 32.0 Å². The lowest BCUT2D eigenvalue weighted by Crippen LogP contribution is -2.47. The van der Waals surface area contributed by atoms with E-state index in [9.17, 15) is 0 Å². The Kier molecular flexibility index (Phi) is 4.51. The van der Waals surface area contributed by atoms with Crippen LogP contribution in [0.3, 0.4) is 0 Å². The molecule has 0 N–H and O–H groups in total. The van der Waals surface area contributed by atoms with E-state index < -0.39 is 0 Å². The zero-order chi connectivity index (χ0) is 17.9. The number of aromatic nitrogens is 4. The van der Waals surface area contributed by atoms with Gasteiger partial charge in [0, 0.05) is 38.4 Å². The molecule has 3 aromatic rings. The number of piperazine rings is 1. The van der Waals surface area contributed by atoms with Gasteiger partial charge in [0.1, 0.15) is 18.0 Å². The molecule has 26 heavy (non-hydrogen) atoms. The highest BCUT2D eigenvalue weighted by molar-refractivity contribution is 5.86. The highest BCUT2D eigenvalue weighted by Gasteiger charge is 2.21. The first-order chi connectivity index (χ1) is 12.7. The maximum absolute atomic E-state index is 5.71. The van der Waals surface area contributed by atoms with Gasteiger partial charge >= 0.3 is 0 Å². The first-order valence-corrected chi connectivity index (χ1v) is 8.90. The van der Waals surface area contributed by atoms with Crippen LogP contribution < -0.4 is 14.5 Å².